The third-order valence-corrected chi connectivity index (χ3v) is 6.27. The molecule has 3 aromatic rings. The van der Waals surface area contributed by atoms with Crippen LogP contribution in [0.3, 0.4) is 0 Å². The summed E-state index contributed by atoms with van der Waals surface area (Å²) in [5.41, 5.74) is -0.226. The molecule has 0 radical (unpaired) electrons. The van der Waals surface area contributed by atoms with Crippen LogP contribution in [-0.4, -0.2) is 34.9 Å². The van der Waals surface area contributed by atoms with Crippen LogP contribution < -0.4 is 20.1 Å². The molecule has 12 heteroatoms. The van der Waals surface area contributed by atoms with Gasteiger partial charge in [-0.15, -0.1) is 0 Å². The molecule has 0 aromatic heterocycles. The molecule has 0 fully saturated rings. The van der Waals surface area contributed by atoms with Gasteiger partial charge < -0.3 is 20.1 Å². The number of nitrogens with zero attached hydrogens (tertiary/aromatic N) is 2. The SMILES string of the molecule is CCCCCOc1ccc([N+](=O)[O-])cc1C(=O)Nc1ccccc1NC(=O)c1cc([N+](=O)[O-])ccc1OCCCCC. The van der Waals surface area contributed by atoms with E-state index in [1.54, 1.807) is 24.3 Å². The van der Waals surface area contributed by atoms with Gasteiger partial charge >= 0.3 is 0 Å². The molecule has 0 saturated heterocycles. The van der Waals surface area contributed by atoms with Crippen LogP contribution in [0.5, 0.6) is 11.5 Å². The number of nitro groups is 2. The summed E-state index contributed by atoms with van der Waals surface area (Å²) in [5, 5.41) is 28.1. The first-order chi connectivity index (χ1) is 20.2. The maximum atomic E-state index is 13.3. The number of nitrogens with one attached hydrogen (secondary N) is 2. The quantitative estimate of drug-likeness (QED) is 0.103. The van der Waals surface area contributed by atoms with Crippen LogP contribution in [0.25, 0.3) is 0 Å². The van der Waals surface area contributed by atoms with Crippen molar-refractivity contribution in [3.8, 4) is 11.5 Å². The van der Waals surface area contributed by atoms with Gasteiger partial charge in [-0.05, 0) is 37.1 Å². The molecule has 0 aliphatic rings. The molecular weight excluding hydrogens is 544 g/mol. The maximum absolute atomic E-state index is 13.3. The fourth-order valence-electron chi connectivity index (χ4n) is 4.02. The lowest BCUT2D eigenvalue weighted by Crippen LogP contribution is -2.18. The maximum Gasteiger partial charge on any atom is 0.270 e. The van der Waals surface area contributed by atoms with Crippen LogP contribution in [0.1, 0.15) is 73.1 Å². The second kappa shape index (κ2) is 15.7. The Kier molecular flexibility index (Phi) is 11.8. The highest BCUT2D eigenvalue weighted by molar-refractivity contribution is 6.11. The van der Waals surface area contributed by atoms with E-state index in [1.807, 2.05) is 13.8 Å². The van der Waals surface area contributed by atoms with Crippen molar-refractivity contribution in [3.63, 3.8) is 0 Å². The van der Waals surface area contributed by atoms with Gasteiger partial charge in [-0.1, -0.05) is 51.7 Å². The molecule has 3 rings (SSSR count). The van der Waals surface area contributed by atoms with Crippen molar-refractivity contribution in [2.45, 2.75) is 52.4 Å². The molecule has 42 heavy (non-hydrogen) atoms. The lowest BCUT2D eigenvalue weighted by molar-refractivity contribution is -0.385. The number of hydrogen-bond donors (Lipinski definition) is 2. The smallest absolute Gasteiger partial charge is 0.270 e. The van der Waals surface area contributed by atoms with E-state index in [0.29, 0.717) is 13.2 Å². The minimum Gasteiger partial charge on any atom is -0.493 e. The normalized spacial score (nSPS) is 10.5. The number of para-hydroxylation sites is 2. The van der Waals surface area contributed by atoms with Crippen molar-refractivity contribution < 1.29 is 28.9 Å². The molecule has 2 N–H and O–H groups in total. The molecule has 0 aliphatic carbocycles. The summed E-state index contributed by atoms with van der Waals surface area (Å²) in [6.07, 6.45) is 5.32. The van der Waals surface area contributed by atoms with Crippen LogP contribution in [0, 0.1) is 20.2 Å². The van der Waals surface area contributed by atoms with E-state index < -0.39 is 21.7 Å². The molecule has 0 bridgehead atoms. The Bertz CT molecular complexity index is 1320. The van der Waals surface area contributed by atoms with Gasteiger partial charge in [0.15, 0.2) is 0 Å². The summed E-state index contributed by atoms with van der Waals surface area (Å²) in [7, 11) is 0. The first-order valence-electron chi connectivity index (χ1n) is 13.8. The van der Waals surface area contributed by atoms with Crippen LogP contribution in [0.15, 0.2) is 60.7 Å². The topological polar surface area (TPSA) is 163 Å². The van der Waals surface area contributed by atoms with Gasteiger partial charge in [-0.3, -0.25) is 29.8 Å². The third kappa shape index (κ3) is 8.75. The molecule has 0 unspecified atom stereocenters. The second-order valence-corrected chi connectivity index (χ2v) is 9.44. The minimum absolute atomic E-state index is 0.0386. The molecule has 3 aromatic carbocycles. The standard InChI is InChI=1S/C30H34N4O8/c1-3-5-9-17-41-27-15-13-21(33(37)38)19-23(27)29(35)31-25-11-7-8-12-26(25)32-30(36)24-20-22(34(39)40)14-16-28(24)42-18-10-6-4-2/h7-8,11-16,19-20H,3-6,9-10,17-18H2,1-2H3,(H,31,35)(H,32,36). The van der Waals surface area contributed by atoms with Crippen LogP contribution >= 0.6 is 0 Å². The Hall–Kier alpha value is -5.00. The van der Waals surface area contributed by atoms with Crippen LogP contribution in [-0.2, 0) is 0 Å². The highest BCUT2D eigenvalue weighted by Crippen LogP contribution is 2.30. The van der Waals surface area contributed by atoms with E-state index in [-0.39, 0.29) is 45.4 Å². The van der Waals surface area contributed by atoms with E-state index in [0.717, 1.165) is 50.7 Å². The molecular formula is C30H34N4O8. The number of non-ortho nitro benzene ring substituents is 2. The largest absolute Gasteiger partial charge is 0.493 e. The van der Waals surface area contributed by atoms with E-state index in [1.165, 1.54) is 24.3 Å². The number of ether oxygens (including phenoxy) is 2. The molecule has 0 aliphatic heterocycles. The third-order valence-electron chi connectivity index (χ3n) is 6.27. The number of unbranched alkanes of at least 4 members (excludes halogenated alkanes) is 4. The number of benzene rings is 3. The zero-order valence-corrected chi connectivity index (χ0v) is 23.6. The second-order valence-electron chi connectivity index (χ2n) is 9.44. The Morgan fingerprint density at radius 3 is 1.43 bits per heavy atom. The number of amides is 2. The Morgan fingerprint density at radius 2 is 1.07 bits per heavy atom. The lowest BCUT2D eigenvalue weighted by atomic mass is 10.1. The van der Waals surface area contributed by atoms with E-state index in [2.05, 4.69) is 10.6 Å². The van der Waals surface area contributed by atoms with E-state index >= 15 is 0 Å². The number of nitro benzene ring substituents is 2. The monoisotopic (exact) mass is 578 g/mol. The summed E-state index contributed by atoms with van der Waals surface area (Å²) < 4.78 is 11.5. The molecule has 0 saturated carbocycles. The van der Waals surface area contributed by atoms with Crippen molar-refractivity contribution >= 4 is 34.6 Å². The van der Waals surface area contributed by atoms with Gasteiger partial charge in [0.1, 0.15) is 11.5 Å². The summed E-state index contributed by atoms with van der Waals surface area (Å²) in [5.74, 6) is -0.975. The summed E-state index contributed by atoms with van der Waals surface area (Å²) >= 11 is 0. The highest BCUT2D eigenvalue weighted by Gasteiger charge is 2.22. The first kappa shape index (κ1) is 31.5. The Labute approximate surface area is 243 Å². The van der Waals surface area contributed by atoms with E-state index in [4.69, 9.17) is 9.47 Å². The molecule has 12 nitrogen and oxygen atoms in total. The zero-order chi connectivity index (χ0) is 30.5. The van der Waals surface area contributed by atoms with Crippen LogP contribution in [0.4, 0.5) is 22.7 Å². The number of carbonyl (C=O) groups excluding carboxylic acids is 2. The van der Waals surface area contributed by atoms with Crippen molar-refractivity contribution in [3.05, 3.63) is 92.0 Å². The predicted octanol–water partition coefficient (Wildman–Crippen LogP) is 7.15. The number of hydrogen-bond acceptors (Lipinski definition) is 8. The van der Waals surface area contributed by atoms with Crippen molar-refractivity contribution in [2.24, 2.45) is 0 Å². The highest BCUT2D eigenvalue weighted by atomic mass is 16.6. The number of anilines is 2. The number of rotatable bonds is 16. The lowest BCUT2D eigenvalue weighted by Gasteiger charge is -2.16. The fraction of sp³-hybridized carbons (Fsp3) is 0.333. The van der Waals surface area contributed by atoms with Gasteiger partial charge in [0.25, 0.3) is 23.2 Å². The molecule has 222 valence electrons. The summed E-state index contributed by atoms with van der Waals surface area (Å²) in [6, 6.07) is 13.9. The van der Waals surface area contributed by atoms with Crippen molar-refractivity contribution in [2.75, 3.05) is 23.8 Å². The minimum atomic E-state index is -0.679. The zero-order valence-electron chi connectivity index (χ0n) is 23.6. The Morgan fingerprint density at radius 1 is 0.667 bits per heavy atom. The van der Waals surface area contributed by atoms with Gasteiger partial charge in [-0.2, -0.15) is 0 Å². The average Bonchev–Trinajstić information content (AvgIpc) is 2.98. The fourth-order valence-corrected chi connectivity index (χ4v) is 4.02. The molecule has 2 amide bonds. The van der Waals surface area contributed by atoms with Crippen molar-refractivity contribution in [1.29, 1.82) is 0 Å². The molecule has 0 spiro atoms. The number of carbonyl (C=O) groups is 2. The average molecular weight is 579 g/mol. The van der Waals surface area contributed by atoms with E-state index in [9.17, 15) is 29.8 Å². The van der Waals surface area contributed by atoms with Crippen molar-refractivity contribution in [1.82, 2.24) is 0 Å². The Balaban J connectivity index is 1.86. The van der Waals surface area contributed by atoms with Gasteiger partial charge in [0.05, 0.1) is 45.6 Å². The molecule has 0 heterocycles. The summed E-state index contributed by atoms with van der Waals surface area (Å²) in [6.45, 7) is 4.76. The predicted molar refractivity (Wildman–Crippen MR) is 159 cm³/mol. The van der Waals surface area contributed by atoms with Crippen LogP contribution in [0.2, 0.25) is 0 Å². The van der Waals surface area contributed by atoms with Gasteiger partial charge in [0, 0.05) is 24.3 Å². The first-order valence-corrected chi connectivity index (χ1v) is 13.8. The molecule has 0 atom stereocenters. The van der Waals surface area contributed by atoms with Gasteiger partial charge in [-0.25, -0.2) is 0 Å². The summed E-state index contributed by atoms with van der Waals surface area (Å²) in [4.78, 5) is 48.2. The van der Waals surface area contributed by atoms with Gasteiger partial charge in [0.2, 0.25) is 0 Å².